The van der Waals surface area contributed by atoms with E-state index >= 15 is 0 Å². The normalized spacial score (nSPS) is 19.8. The number of nitrogens with zero attached hydrogens (tertiary/aromatic N) is 2. The molecule has 1 amide bonds. The molecule has 1 aromatic rings. The molecule has 122 valence electrons. The average molecular weight is 402 g/mol. The van der Waals surface area contributed by atoms with Crippen molar-refractivity contribution in [1.29, 1.82) is 0 Å². The molecule has 0 saturated carbocycles. The number of halogens is 4. The fraction of sp³-hybridized carbons (Fsp3) is 0.455. The molecule has 22 heavy (non-hydrogen) atoms. The monoisotopic (exact) mass is 401 g/mol. The molecular weight excluding hydrogens is 391 g/mol. The molecule has 0 spiro atoms. The van der Waals surface area contributed by atoms with E-state index < -0.39 is 45.2 Å². The molecule has 6 nitrogen and oxygen atoms in total. The van der Waals surface area contributed by atoms with E-state index in [9.17, 15) is 26.4 Å². The number of hydrogen-bond acceptors (Lipinski definition) is 4. The maximum atomic E-state index is 13.1. The molecular formula is C11H11BrF3N3O3S. The smallest absolute Gasteiger partial charge is 0.296 e. The molecule has 1 atom stereocenters. The van der Waals surface area contributed by atoms with Gasteiger partial charge in [-0.15, -0.1) is 0 Å². The van der Waals surface area contributed by atoms with Gasteiger partial charge in [-0.25, -0.2) is 18.5 Å². The summed E-state index contributed by atoms with van der Waals surface area (Å²) >= 11 is 2.90. The standard InChI is InChI=1S/C11H11BrF3N3O3S/c12-7-2-8(11(13,14)15)10(17-3-7)18-4-6(1-9(18)19)5-22(16,20)21/h2-3,6H,1,4-5H2,(H2,16,20,21). The first-order chi connectivity index (χ1) is 9.97. The molecule has 1 aromatic heterocycles. The van der Waals surface area contributed by atoms with E-state index in [0.717, 1.165) is 17.2 Å². The maximum Gasteiger partial charge on any atom is 0.420 e. The number of aromatic nitrogens is 1. The van der Waals surface area contributed by atoms with Crippen LogP contribution in [0.1, 0.15) is 12.0 Å². The number of primary sulfonamides is 1. The van der Waals surface area contributed by atoms with Gasteiger partial charge >= 0.3 is 6.18 Å². The second-order valence-electron chi connectivity index (χ2n) is 4.93. The van der Waals surface area contributed by atoms with Gasteiger partial charge in [0.25, 0.3) is 0 Å². The zero-order valence-corrected chi connectivity index (χ0v) is 13.4. The summed E-state index contributed by atoms with van der Waals surface area (Å²) < 4.78 is 61.4. The fourth-order valence-corrected chi connectivity index (χ4v) is 3.49. The van der Waals surface area contributed by atoms with Crippen molar-refractivity contribution in [3.05, 3.63) is 22.3 Å². The molecule has 0 bridgehead atoms. The number of carbonyl (C=O) groups excluding carboxylic acids is 1. The number of carbonyl (C=O) groups is 1. The van der Waals surface area contributed by atoms with Gasteiger partial charge in [0.1, 0.15) is 5.82 Å². The summed E-state index contributed by atoms with van der Waals surface area (Å²) in [4.78, 5) is 16.4. The van der Waals surface area contributed by atoms with Crippen molar-refractivity contribution in [3.63, 3.8) is 0 Å². The van der Waals surface area contributed by atoms with E-state index in [1.807, 2.05) is 0 Å². The number of pyridine rings is 1. The Hall–Kier alpha value is -1.20. The summed E-state index contributed by atoms with van der Waals surface area (Å²) in [6.07, 6.45) is -3.74. The SMILES string of the molecule is NS(=O)(=O)CC1CC(=O)N(c2ncc(Br)cc2C(F)(F)F)C1. The molecule has 1 aliphatic heterocycles. The Morgan fingerprint density at radius 3 is 2.64 bits per heavy atom. The van der Waals surface area contributed by atoms with Crippen molar-refractivity contribution in [2.75, 3.05) is 17.2 Å². The fourth-order valence-electron chi connectivity index (χ4n) is 2.28. The summed E-state index contributed by atoms with van der Waals surface area (Å²) in [5, 5.41) is 4.90. The second kappa shape index (κ2) is 5.78. The molecule has 1 fully saturated rings. The molecule has 1 unspecified atom stereocenters. The van der Waals surface area contributed by atoms with E-state index in [4.69, 9.17) is 5.14 Å². The van der Waals surface area contributed by atoms with Crippen molar-refractivity contribution in [2.45, 2.75) is 12.6 Å². The molecule has 11 heteroatoms. The van der Waals surface area contributed by atoms with Crippen LogP contribution in [-0.2, 0) is 21.0 Å². The summed E-state index contributed by atoms with van der Waals surface area (Å²) in [6, 6.07) is 0.822. The Morgan fingerprint density at radius 1 is 1.45 bits per heavy atom. The molecule has 1 saturated heterocycles. The van der Waals surface area contributed by atoms with Crippen LogP contribution in [-0.4, -0.2) is 31.6 Å². The zero-order chi connectivity index (χ0) is 16.7. The molecule has 0 aromatic carbocycles. The molecule has 2 N–H and O–H groups in total. The van der Waals surface area contributed by atoms with Gasteiger partial charge in [0, 0.05) is 29.6 Å². The molecule has 0 radical (unpaired) electrons. The first-order valence-electron chi connectivity index (χ1n) is 6.01. The lowest BCUT2D eigenvalue weighted by Gasteiger charge is -2.20. The van der Waals surface area contributed by atoms with Crippen LogP contribution in [0.5, 0.6) is 0 Å². The molecule has 2 rings (SSSR count). The van der Waals surface area contributed by atoms with Gasteiger partial charge in [-0.3, -0.25) is 9.69 Å². The van der Waals surface area contributed by atoms with Crippen molar-refractivity contribution in [2.24, 2.45) is 11.1 Å². The lowest BCUT2D eigenvalue weighted by molar-refractivity contribution is -0.137. The Balaban J connectivity index is 2.35. The maximum absolute atomic E-state index is 13.1. The van der Waals surface area contributed by atoms with Gasteiger partial charge in [0.15, 0.2) is 0 Å². The van der Waals surface area contributed by atoms with E-state index in [1.54, 1.807) is 0 Å². The topological polar surface area (TPSA) is 93.4 Å². The first-order valence-corrected chi connectivity index (χ1v) is 8.52. The minimum absolute atomic E-state index is 0.122. The second-order valence-corrected chi connectivity index (χ2v) is 7.50. The van der Waals surface area contributed by atoms with E-state index in [2.05, 4.69) is 20.9 Å². The van der Waals surface area contributed by atoms with Gasteiger partial charge in [0.2, 0.25) is 15.9 Å². The van der Waals surface area contributed by atoms with Crippen LogP contribution in [0.4, 0.5) is 19.0 Å². The highest BCUT2D eigenvalue weighted by molar-refractivity contribution is 9.10. The largest absolute Gasteiger partial charge is 0.420 e. The third-order valence-corrected chi connectivity index (χ3v) is 4.44. The third kappa shape index (κ3) is 3.96. The van der Waals surface area contributed by atoms with Crippen molar-refractivity contribution in [1.82, 2.24) is 4.98 Å². The zero-order valence-electron chi connectivity index (χ0n) is 11.0. The average Bonchev–Trinajstić information content (AvgIpc) is 2.66. The Bertz CT molecular complexity index is 708. The minimum Gasteiger partial charge on any atom is -0.296 e. The Kier molecular flexibility index (Phi) is 4.51. The number of sulfonamides is 1. The Morgan fingerprint density at radius 2 is 2.09 bits per heavy atom. The highest BCUT2D eigenvalue weighted by Gasteiger charge is 2.41. The van der Waals surface area contributed by atoms with E-state index in [-0.39, 0.29) is 17.4 Å². The molecule has 1 aliphatic rings. The van der Waals surface area contributed by atoms with Gasteiger partial charge in [-0.1, -0.05) is 0 Å². The van der Waals surface area contributed by atoms with Crippen LogP contribution in [0.15, 0.2) is 16.7 Å². The van der Waals surface area contributed by atoms with Crippen molar-refractivity contribution < 1.29 is 26.4 Å². The number of nitrogens with two attached hydrogens (primary N) is 1. The van der Waals surface area contributed by atoms with Crippen molar-refractivity contribution >= 4 is 37.7 Å². The highest BCUT2D eigenvalue weighted by Crippen LogP contribution is 2.38. The highest BCUT2D eigenvalue weighted by atomic mass is 79.9. The van der Waals surface area contributed by atoms with Crippen molar-refractivity contribution in [3.8, 4) is 0 Å². The van der Waals surface area contributed by atoms with Crippen LogP contribution >= 0.6 is 15.9 Å². The third-order valence-electron chi connectivity index (χ3n) is 3.07. The van der Waals surface area contributed by atoms with Crippen LogP contribution in [0.2, 0.25) is 0 Å². The van der Waals surface area contributed by atoms with E-state index in [1.165, 1.54) is 0 Å². The minimum atomic E-state index is -4.69. The van der Waals surface area contributed by atoms with Gasteiger partial charge in [-0.05, 0) is 22.0 Å². The summed E-state index contributed by atoms with van der Waals surface area (Å²) in [6.45, 7) is -0.174. The quantitative estimate of drug-likeness (QED) is 0.830. The molecule has 0 aliphatic carbocycles. The number of rotatable bonds is 3. The van der Waals surface area contributed by atoms with Gasteiger partial charge in [-0.2, -0.15) is 13.2 Å². The lowest BCUT2D eigenvalue weighted by atomic mass is 10.1. The molecule has 2 heterocycles. The number of alkyl halides is 3. The first kappa shape index (κ1) is 17.2. The van der Waals surface area contributed by atoms with Gasteiger partial charge in [0.05, 0.1) is 11.3 Å². The van der Waals surface area contributed by atoms with Crippen LogP contribution < -0.4 is 10.0 Å². The predicted octanol–water partition coefficient (Wildman–Crippen LogP) is 1.50. The van der Waals surface area contributed by atoms with Crippen LogP contribution in [0, 0.1) is 5.92 Å². The number of anilines is 1. The summed E-state index contributed by atoms with van der Waals surface area (Å²) in [5.74, 6) is -2.27. The van der Waals surface area contributed by atoms with Gasteiger partial charge < -0.3 is 0 Å². The number of amides is 1. The van der Waals surface area contributed by atoms with Crippen LogP contribution in [0.25, 0.3) is 0 Å². The summed E-state index contributed by atoms with van der Waals surface area (Å²) in [5.41, 5.74) is -1.06. The lowest BCUT2D eigenvalue weighted by Crippen LogP contribution is -2.30. The van der Waals surface area contributed by atoms with Crippen LogP contribution in [0.3, 0.4) is 0 Å². The number of hydrogen-bond donors (Lipinski definition) is 1. The predicted molar refractivity (Wildman–Crippen MR) is 75.4 cm³/mol. The summed E-state index contributed by atoms with van der Waals surface area (Å²) in [7, 11) is -3.81. The Labute approximate surface area is 132 Å². The van der Waals surface area contributed by atoms with E-state index in [0.29, 0.717) is 0 Å².